The number of halogens is 2. The first-order valence-corrected chi connectivity index (χ1v) is 6.82. The van der Waals surface area contributed by atoms with Gasteiger partial charge in [0.1, 0.15) is 0 Å². The first-order valence-electron chi connectivity index (χ1n) is 5.59. The second kappa shape index (κ2) is 6.41. The molecule has 1 N–H and O–H groups in total. The summed E-state index contributed by atoms with van der Waals surface area (Å²) in [5, 5.41) is 2.81. The minimum Gasteiger partial charge on any atom is -0.351 e. The van der Waals surface area contributed by atoms with Crippen molar-refractivity contribution in [3.63, 3.8) is 0 Å². The molecule has 0 aliphatic carbocycles. The van der Waals surface area contributed by atoms with Gasteiger partial charge < -0.3 is 5.32 Å². The van der Waals surface area contributed by atoms with Gasteiger partial charge in [0.2, 0.25) is 0 Å². The minimum atomic E-state index is -0.0827. The van der Waals surface area contributed by atoms with E-state index in [1.54, 1.807) is 6.07 Å². The Balaban J connectivity index is 2.64. The van der Waals surface area contributed by atoms with Gasteiger partial charge in [-0.3, -0.25) is 4.79 Å². The highest BCUT2D eigenvalue weighted by Crippen LogP contribution is 2.15. The van der Waals surface area contributed by atoms with Crippen LogP contribution in [0.5, 0.6) is 0 Å². The number of carbonyl (C=O) groups excluding carboxylic acids is 1. The summed E-state index contributed by atoms with van der Waals surface area (Å²) in [6.07, 6.45) is 0. The Bertz CT molecular complexity index is 386. The third-order valence-corrected chi connectivity index (χ3v) is 3.60. The number of hydrogen-bond donors (Lipinski definition) is 1. The van der Waals surface area contributed by atoms with E-state index < -0.39 is 0 Å². The summed E-state index contributed by atoms with van der Waals surface area (Å²) in [6.45, 7) is 6.52. The molecule has 17 heavy (non-hydrogen) atoms. The molecule has 0 saturated heterocycles. The first-order chi connectivity index (χ1) is 7.90. The predicted molar refractivity (Wildman–Crippen MR) is 75.7 cm³/mol. The van der Waals surface area contributed by atoms with Crippen molar-refractivity contribution in [2.45, 2.75) is 26.1 Å². The molecular formula is C13H17BrClNO. The topological polar surface area (TPSA) is 29.1 Å². The van der Waals surface area contributed by atoms with E-state index in [0.717, 1.165) is 10.0 Å². The van der Waals surface area contributed by atoms with Gasteiger partial charge in [0.25, 0.3) is 5.91 Å². The van der Waals surface area contributed by atoms with E-state index in [9.17, 15) is 4.79 Å². The zero-order valence-electron chi connectivity index (χ0n) is 10.3. The number of rotatable bonds is 4. The lowest BCUT2D eigenvalue weighted by Gasteiger charge is -2.14. The monoisotopic (exact) mass is 317 g/mol. The maximum atomic E-state index is 11.9. The van der Waals surface area contributed by atoms with Gasteiger partial charge in [-0.05, 0) is 36.6 Å². The molecular weight excluding hydrogens is 302 g/mol. The summed E-state index contributed by atoms with van der Waals surface area (Å²) in [4.78, 5) is 11.9. The summed E-state index contributed by atoms with van der Waals surface area (Å²) >= 11 is 9.46. The van der Waals surface area contributed by atoms with E-state index in [1.165, 1.54) is 0 Å². The van der Waals surface area contributed by atoms with Crippen molar-refractivity contribution < 1.29 is 4.79 Å². The molecule has 4 heteroatoms. The zero-order valence-corrected chi connectivity index (χ0v) is 12.6. The van der Waals surface area contributed by atoms with Crippen molar-refractivity contribution in [1.82, 2.24) is 5.32 Å². The molecule has 1 atom stereocenters. The van der Waals surface area contributed by atoms with E-state index >= 15 is 0 Å². The summed E-state index contributed by atoms with van der Waals surface area (Å²) in [6, 6.07) is 5.63. The highest BCUT2D eigenvalue weighted by atomic mass is 79.9. The number of hydrogen-bond acceptors (Lipinski definition) is 1. The summed E-state index contributed by atoms with van der Waals surface area (Å²) in [7, 11) is 0. The Morgan fingerprint density at radius 1 is 1.41 bits per heavy atom. The standard InChI is InChI=1S/C13H17BrClNO/c1-8(2)12(15)7-16-13(17)10-4-9(3)5-11(14)6-10/h4-6,8,12H,7H2,1-3H3,(H,16,17). The van der Waals surface area contributed by atoms with E-state index in [0.29, 0.717) is 18.0 Å². The van der Waals surface area contributed by atoms with Crippen LogP contribution in [-0.4, -0.2) is 17.8 Å². The van der Waals surface area contributed by atoms with Crippen LogP contribution in [0.4, 0.5) is 0 Å². The van der Waals surface area contributed by atoms with Crippen molar-refractivity contribution in [3.8, 4) is 0 Å². The number of alkyl halides is 1. The van der Waals surface area contributed by atoms with Gasteiger partial charge in [0, 0.05) is 16.6 Å². The molecule has 0 aliphatic heterocycles. The fourth-order valence-corrected chi connectivity index (χ4v) is 2.08. The Hall–Kier alpha value is -0.540. The molecule has 1 unspecified atom stereocenters. The van der Waals surface area contributed by atoms with Gasteiger partial charge in [-0.15, -0.1) is 11.6 Å². The van der Waals surface area contributed by atoms with Crippen LogP contribution in [0, 0.1) is 12.8 Å². The second-order valence-corrected chi connectivity index (χ2v) is 5.96. The van der Waals surface area contributed by atoms with Crippen LogP contribution in [0.2, 0.25) is 0 Å². The SMILES string of the molecule is Cc1cc(Br)cc(C(=O)NCC(Cl)C(C)C)c1. The smallest absolute Gasteiger partial charge is 0.251 e. The fourth-order valence-electron chi connectivity index (χ4n) is 1.40. The second-order valence-electron chi connectivity index (χ2n) is 4.49. The minimum absolute atomic E-state index is 0.0350. The van der Waals surface area contributed by atoms with E-state index in [2.05, 4.69) is 21.2 Å². The molecule has 1 aromatic rings. The quantitative estimate of drug-likeness (QED) is 0.842. The number of nitrogens with one attached hydrogen (secondary N) is 1. The highest BCUT2D eigenvalue weighted by molar-refractivity contribution is 9.10. The number of amides is 1. The molecule has 0 heterocycles. The Morgan fingerprint density at radius 2 is 2.06 bits per heavy atom. The van der Waals surface area contributed by atoms with E-state index in [4.69, 9.17) is 11.6 Å². The summed E-state index contributed by atoms with van der Waals surface area (Å²) in [5.41, 5.74) is 1.71. The number of benzene rings is 1. The lowest BCUT2D eigenvalue weighted by molar-refractivity contribution is 0.0952. The third kappa shape index (κ3) is 4.68. The Morgan fingerprint density at radius 3 is 2.59 bits per heavy atom. The molecule has 1 rings (SSSR count). The first kappa shape index (κ1) is 14.5. The molecule has 0 aromatic heterocycles. The molecule has 2 nitrogen and oxygen atoms in total. The average Bonchev–Trinajstić information content (AvgIpc) is 2.23. The predicted octanol–water partition coefficient (Wildman–Crippen LogP) is 3.75. The summed E-state index contributed by atoms with van der Waals surface area (Å²) < 4.78 is 0.911. The molecule has 0 radical (unpaired) electrons. The van der Waals surface area contributed by atoms with E-state index in [1.807, 2.05) is 32.9 Å². The van der Waals surface area contributed by atoms with Gasteiger partial charge >= 0.3 is 0 Å². The average molecular weight is 319 g/mol. The molecule has 1 aromatic carbocycles. The van der Waals surface area contributed by atoms with Crippen molar-refractivity contribution in [1.29, 1.82) is 0 Å². The van der Waals surface area contributed by atoms with Crippen molar-refractivity contribution in [3.05, 3.63) is 33.8 Å². The van der Waals surface area contributed by atoms with Crippen LogP contribution in [0.1, 0.15) is 29.8 Å². The van der Waals surface area contributed by atoms with Crippen LogP contribution in [-0.2, 0) is 0 Å². The highest BCUT2D eigenvalue weighted by Gasteiger charge is 2.12. The fraction of sp³-hybridized carbons (Fsp3) is 0.462. The van der Waals surface area contributed by atoms with Gasteiger partial charge in [0.15, 0.2) is 0 Å². The molecule has 0 spiro atoms. The van der Waals surface area contributed by atoms with Crippen molar-refractivity contribution in [2.24, 2.45) is 5.92 Å². The number of aryl methyl sites for hydroxylation is 1. The number of carbonyl (C=O) groups is 1. The molecule has 0 bridgehead atoms. The van der Waals surface area contributed by atoms with Crippen LogP contribution in [0.3, 0.4) is 0 Å². The normalized spacial score (nSPS) is 12.6. The molecule has 1 amide bonds. The van der Waals surface area contributed by atoms with E-state index in [-0.39, 0.29) is 11.3 Å². The third-order valence-electron chi connectivity index (χ3n) is 2.49. The Labute approximate surface area is 116 Å². The zero-order chi connectivity index (χ0) is 13.0. The molecule has 94 valence electrons. The van der Waals surface area contributed by atoms with Crippen LogP contribution in [0.25, 0.3) is 0 Å². The van der Waals surface area contributed by atoms with Gasteiger partial charge in [0.05, 0.1) is 5.38 Å². The Kier molecular flexibility index (Phi) is 5.47. The van der Waals surface area contributed by atoms with Gasteiger partial charge in [-0.1, -0.05) is 29.8 Å². The maximum Gasteiger partial charge on any atom is 0.251 e. The molecule has 0 fully saturated rings. The van der Waals surface area contributed by atoms with Crippen LogP contribution < -0.4 is 5.32 Å². The summed E-state index contributed by atoms with van der Waals surface area (Å²) in [5.74, 6) is 0.266. The van der Waals surface area contributed by atoms with Gasteiger partial charge in [-0.25, -0.2) is 0 Å². The largest absolute Gasteiger partial charge is 0.351 e. The molecule has 0 aliphatic rings. The van der Waals surface area contributed by atoms with Gasteiger partial charge in [-0.2, -0.15) is 0 Å². The lowest BCUT2D eigenvalue weighted by Crippen LogP contribution is -2.32. The van der Waals surface area contributed by atoms with Crippen LogP contribution in [0.15, 0.2) is 22.7 Å². The van der Waals surface area contributed by atoms with Crippen LogP contribution >= 0.6 is 27.5 Å². The lowest BCUT2D eigenvalue weighted by atomic mass is 10.1. The maximum absolute atomic E-state index is 11.9. The van der Waals surface area contributed by atoms with Crippen molar-refractivity contribution in [2.75, 3.05) is 6.54 Å². The van der Waals surface area contributed by atoms with Crippen molar-refractivity contribution >= 4 is 33.4 Å². The molecule has 0 saturated carbocycles.